The summed E-state index contributed by atoms with van der Waals surface area (Å²) in [4.78, 5) is 33.9. The molecule has 0 aromatic heterocycles. The van der Waals surface area contributed by atoms with Crippen LogP contribution >= 0.6 is 11.8 Å². The van der Waals surface area contributed by atoms with Gasteiger partial charge >= 0.3 is 11.9 Å². The molecule has 0 aromatic rings. The first-order valence-electron chi connectivity index (χ1n) is 7.07. The molecule has 21 heavy (non-hydrogen) atoms. The number of rotatable bonds is 6. The molecule has 1 aliphatic rings. The van der Waals surface area contributed by atoms with E-state index in [-0.39, 0.29) is 23.2 Å². The minimum atomic E-state index is -0.669. The summed E-state index contributed by atoms with van der Waals surface area (Å²) in [5.41, 5.74) is 0. The molecule has 3 atom stereocenters. The van der Waals surface area contributed by atoms with Crippen molar-refractivity contribution in [1.29, 1.82) is 0 Å². The summed E-state index contributed by atoms with van der Waals surface area (Å²) in [7, 11) is 1.30. The van der Waals surface area contributed by atoms with Crippen molar-refractivity contribution >= 4 is 29.6 Å². The predicted molar refractivity (Wildman–Crippen MR) is 79.9 cm³/mol. The van der Waals surface area contributed by atoms with E-state index in [4.69, 9.17) is 9.47 Å². The molecule has 1 fully saturated rings. The Morgan fingerprint density at radius 1 is 1.24 bits per heavy atom. The number of hydrogen-bond acceptors (Lipinski definition) is 6. The molecule has 1 amide bonds. The fraction of sp³-hybridized carbons (Fsp3) is 0.786. The molecule has 1 aliphatic carbocycles. The highest BCUT2D eigenvalue weighted by atomic mass is 32.2. The van der Waals surface area contributed by atoms with Crippen molar-refractivity contribution in [2.75, 3.05) is 12.9 Å². The van der Waals surface area contributed by atoms with Crippen molar-refractivity contribution in [2.24, 2.45) is 0 Å². The lowest BCUT2D eigenvalue weighted by Crippen LogP contribution is -2.43. The first kappa shape index (κ1) is 17.8. The van der Waals surface area contributed by atoms with Gasteiger partial charge in [-0.05, 0) is 19.3 Å². The fourth-order valence-corrected chi connectivity index (χ4v) is 3.78. The number of methoxy groups -OCH3 is 1. The number of thioether (sulfide) groups is 1. The van der Waals surface area contributed by atoms with E-state index in [1.807, 2.05) is 0 Å². The lowest BCUT2D eigenvalue weighted by Gasteiger charge is -2.31. The van der Waals surface area contributed by atoms with Gasteiger partial charge in [-0.15, -0.1) is 0 Å². The summed E-state index contributed by atoms with van der Waals surface area (Å²) in [6.07, 6.45) is 3.80. The highest BCUT2D eigenvalue weighted by Crippen LogP contribution is 2.31. The van der Waals surface area contributed by atoms with Gasteiger partial charge in [-0.2, -0.15) is 11.8 Å². The average molecular weight is 317 g/mol. The van der Waals surface area contributed by atoms with Crippen molar-refractivity contribution in [1.82, 2.24) is 5.32 Å². The van der Waals surface area contributed by atoms with Gasteiger partial charge in [0, 0.05) is 24.9 Å². The Balaban J connectivity index is 2.56. The molecule has 0 saturated heterocycles. The minimum absolute atomic E-state index is 0.114. The molecule has 7 heteroatoms. The van der Waals surface area contributed by atoms with Crippen LogP contribution < -0.4 is 5.32 Å². The number of amides is 1. The third-order valence-electron chi connectivity index (χ3n) is 3.30. The Morgan fingerprint density at radius 3 is 2.48 bits per heavy atom. The zero-order chi connectivity index (χ0) is 15.8. The largest absolute Gasteiger partial charge is 0.467 e. The van der Waals surface area contributed by atoms with E-state index >= 15 is 0 Å². The molecule has 2 unspecified atom stereocenters. The molecule has 0 aliphatic heterocycles. The predicted octanol–water partition coefficient (Wildman–Crippen LogP) is 1.27. The second-order valence-corrected chi connectivity index (χ2v) is 6.35. The summed E-state index contributed by atoms with van der Waals surface area (Å²) in [6, 6.07) is -0.669. The molecular formula is C14H23NO5S. The summed E-state index contributed by atoms with van der Waals surface area (Å²) >= 11 is 1.55. The number of ether oxygens (including phenoxy) is 2. The Hall–Kier alpha value is -1.24. The number of carbonyl (C=O) groups excluding carboxylic acids is 3. The van der Waals surface area contributed by atoms with E-state index in [2.05, 4.69) is 5.32 Å². The molecule has 1 N–H and O–H groups in total. The van der Waals surface area contributed by atoms with Crippen LogP contribution in [0.5, 0.6) is 0 Å². The van der Waals surface area contributed by atoms with Crippen molar-refractivity contribution in [2.45, 2.75) is 56.9 Å². The number of carbonyl (C=O) groups is 3. The van der Waals surface area contributed by atoms with Crippen LogP contribution in [0.4, 0.5) is 0 Å². The minimum Gasteiger partial charge on any atom is -0.467 e. The Kier molecular flexibility index (Phi) is 7.56. The van der Waals surface area contributed by atoms with Gasteiger partial charge in [0.05, 0.1) is 7.11 Å². The molecule has 1 saturated carbocycles. The van der Waals surface area contributed by atoms with Gasteiger partial charge < -0.3 is 14.8 Å². The first-order chi connectivity index (χ1) is 9.93. The van der Waals surface area contributed by atoms with Crippen LogP contribution in [0.1, 0.15) is 39.5 Å². The lowest BCUT2D eigenvalue weighted by atomic mass is 9.97. The summed E-state index contributed by atoms with van der Waals surface area (Å²) in [5.74, 6) is -0.600. The molecule has 0 bridgehead atoms. The van der Waals surface area contributed by atoms with Gasteiger partial charge in [0.15, 0.2) is 0 Å². The van der Waals surface area contributed by atoms with Crippen molar-refractivity contribution in [3.8, 4) is 0 Å². The van der Waals surface area contributed by atoms with Crippen LogP contribution in [0.15, 0.2) is 0 Å². The van der Waals surface area contributed by atoms with Gasteiger partial charge in [-0.1, -0.05) is 6.42 Å². The van der Waals surface area contributed by atoms with E-state index in [1.54, 1.807) is 11.8 Å². The first-order valence-corrected chi connectivity index (χ1v) is 8.12. The molecule has 120 valence electrons. The quantitative estimate of drug-likeness (QED) is 0.743. The SMILES string of the molecule is COC(=O)[C@H](CSC1CCCCC1OC(C)=O)NC(C)=O. The molecule has 0 radical (unpaired) electrons. The van der Waals surface area contributed by atoms with Crippen LogP contribution in [0.25, 0.3) is 0 Å². The van der Waals surface area contributed by atoms with E-state index < -0.39 is 12.0 Å². The molecule has 0 aromatic carbocycles. The van der Waals surface area contributed by atoms with Gasteiger partial charge in [0.25, 0.3) is 0 Å². The van der Waals surface area contributed by atoms with Gasteiger partial charge in [-0.3, -0.25) is 9.59 Å². The van der Waals surface area contributed by atoms with Gasteiger partial charge in [0.2, 0.25) is 5.91 Å². The highest BCUT2D eigenvalue weighted by Gasteiger charge is 2.30. The van der Waals surface area contributed by atoms with Crippen LogP contribution in [-0.2, 0) is 23.9 Å². The molecule has 1 rings (SSSR count). The normalized spacial score (nSPS) is 23.0. The summed E-state index contributed by atoms with van der Waals surface area (Å²) in [6.45, 7) is 2.77. The average Bonchev–Trinajstić information content (AvgIpc) is 2.43. The van der Waals surface area contributed by atoms with Crippen LogP contribution in [0, 0.1) is 0 Å². The van der Waals surface area contributed by atoms with Crippen molar-refractivity contribution < 1.29 is 23.9 Å². The van der Waals surface area contributed by atoms with E-state index in [0.29, 0.717) is 5.75 Å². The Morgan fingerprint density at radius 2 is 1.90 bits per heavy atom. The fourth-order valence-electron chi connectivity index (χ4n) is 2.38. The van der Waals surface area contributed by atoms with Crippen LogP contribution in [-0.4, -0.2) is 48.1 Å². The zero-order valence-corrected chi connectivity index (χ0v) is 13.5. The second kappa shape index (κ2) is 8.92. The highest BCUT2D eigenvalue weighted by molar-refractivity contribution is 8.00. The van der Waals surface area contributed by atoms with Gasteiger partial charge in [0.1, 0.15) is 12.1 Å². The molecular weight excluding hydrogens is 294 g/mol. The Bertz CT molecular complexity index is 388. The number of esters is 2. The smallest absolute Gasteiger partial charge is 0.329 e. The summed E-state index contributed by atoms with van der Waals surface area (Å²) < 4.78 is 10.0. The van der Waals surface area contributed by atoms with E-state index in [1.165, 1.54) is 21.0 Å². The third-order valence-corrected chi connectivity index (χ3v) is 4.79. The summed E-state index contributed by atoms with van der Waals surface area (Å²) in [5, 5.41) is 2.74. The third kappa shape index (κ3) is 6.37. The topological polar surface area (TPSA) is 81.7 Å². The molecule has 0 heterocycles. The maximum Gasteiger partial charge on any atom is 0.329 e. The number of hydrogen-bond donors (Lipinski definition) is 1. The molecule has 0 spiro atoms. The second-order valence-electron chi connectivity index (χ2n) is 5.08. The maximum absolute atomic E-state index is 11.6. The van der Waals surface area contributed by atoms with Crippen LogP contribution in [0.3, 0.4) is 0 Å². The van der Waals surface area contributed by atoms with Crippen molar-refractivity contribution in [3.05, 3.63) is 0 Å². The molecule has 6 nitrogen and oxygen atoms in total. The van der Waals surface area contributed by atoms with Crippen LogP contribution in [0.2, 0.25) is 0 Å². The standard InChI is InChI=1S/C14H23NO5S/c1-9(16)15-11(14(18)19-3)8-21-13-7-5-4-6-12(13)20-10(2)17/h11-13H,4-8H2,1-3H3,(H,15,16)/t11-,12?,13?/m0/s1. The number of nitrogens with one attached hydrogen (secondary N) is 1. The van der Waals surface area contributed by atoms with Gasteiger partial charge in [-0.25, -0.2) is 4.79 Å². The lowest BCUT2D eigenvalue weighted by molar-refractivity contribution is -0.147. The monoisotopic (exact) mass is 317 g/mol. The zero-order valence-electron chi connectivity index (χ0n) is 12.7. The Labute approximate surface area is 129 Å². The van der Waals surface area contributed by atoms with E-state index in [0.717, 1.165) is 25.7 Å². The van der Waals surface area contributed by atoms with Crippen molar-refractivity contribution in [3.63, 3.8) is 0 Å². The maximum atomic E-state index is 11.6. The van der Waals surface area contributed by atoms with E-state index in [9.17, 15) is 14.4 Å².